The molecule has 8 heteroatoms. The number of hydrogen-bond donors (Lipinski definition) is 1. The summed E-state index contributed by atoms with van der Waals surface area (Å²) in [5.41, 5.74) is -0.352. The second-order valence-electron chi connectivity index (χ2n) is 6.28. The van der Waals surface area contributed by atoms with Gasteiger partial charge in [-0.05, 0) is 30.5 Å². The first-order valence-electron chi connectivity index (χ1n) is 8.68. The van der Waals surface area contributed by atoms with E-state index >= 15 is 0 Å². The maximum atomic E-state index is 12.7. The van der Waals surface area contributed by atoms with Gasteiger partial charge in [0.25, 0.3) is 0 Å². The quantitative estimate of drug-likeness (QED) is 0.771. The summed E-state index contributed by atoms with van der Waals surface area (Å²) in [6, 6.07) is 3.54. The third kappa shape index (κ3) is 4.89. The van der Waals surface area contributed by atoms with Crippen LogP contribution in [-0.4, -0.2) is 36.0 Å². The van der Waals surface area contributed by atoms with Gasteiger partial charge in [-0.3, -0.25) is 4.79 Å². The molecule has 1 saturated heterocycles. The second-order valence-corrected chi connectivity index (χ2v) is 6.28. The van der Waals surface area contributed by atoms with Gasteiger partial charge in [0.2, 0.25) is 0 Å². The number of esters is 1. The first-order chi connectivity index (χ1) is 12.3. The summed E-state index contributed by atoms with van der Waals surface area (Å²) in [6.07, 6.45) is -3.63. The molecule has 1 aromatic carbocycles. The van der Waals surface area contributed by atoms with Crippen LogP contribution in [0.25, 0.3) is 0 Å². The highest BCUT2D eigenvalue weighted by atomic mass is 19.4. The summed E-state index contributed by atoms with van der Waals surface area (Å²) in [7, 11) is 0. The maximum absolute atomic E-state index is 12.7. The van der Waals surface area contributed by atoms with Crippen molar-refractivity contribution in [3.63, 3.8) is 0 Å². The maximum Gasteiger partial charge on any atom is 0.416 e. The molecule has 2 rings (SSSR count). The number of nitrogens with one attached hydrogen (secondary N) is 1. The molecule has 1 aliphatic rings. The Morgan fingerprint density at radius 2 is 1.77 bits per heavy atom. The molecule has 0 aromatic heterocycles. The van der Waals surface area contributed by atoms with Crippen molar-refractivity contribution in [1.29, 1.82) is 0 Å². The van der Waals surface area contributed by atoms with E-state index in [-0.39, 0.29) is 12.5 Å². The number of carbonyl (C=O) groups excluding carboxylic acids is 2. The van der Waals surface area contributed by atoms with Crippen molar-refractivity contribution in [3.05, 3.63) is 35.4 Å². The van der Waals surface area contributed by atoms with Gasteiger partial charge in [0, 0.05) is 13.1 Å². The van der Waals surface area contributed by atoms with Crippen molar-refractivity contribution in [2.45, 2.75) is 51.4 Å². The number of carbonyl (C=O) groups is 2. The standard InChI is InChI=1S/C18H23F3N2O3/c1-3-9-23(10-4-2)17(25)22-14-11-15(24)26-16(14)12-5-7-13(8-6-12)18(19,20)21/h5-8,14,16H,3-4,9-11H2,1-2H3,(H,22,25)/t14-,16?/m0/s1. The summed E-state index contributed by atoms with van der Waals surface area (Å²) < 4.78 is 43.3. The van der Waals surface area contributed by atoms with Crippen LogP contribution in [0.2, 0.25) is 0 Å². The number of ether oxygens (including phenoxy) is 1. The lowest BCUT2D eigenvalue weighted by molar-refractivity contribution is -0.142. The molecular weight excluding hydrogens is 349 g/mol. The summed E-state index contributed by atoms with van der Waals surface area (Å²) >= 11 is 0. The van der Waals surface area contributed by atoms with Gasteiger partial charge in [-0.1, -0.05) is 26.0 Å². The van der Waals surface area contributed by atoms with Crippen molar-refractivity contribution in [2.75, 3.05) is 13.1 Å². The summed E-state index contributed by atoms with van der Waals surface area (Å²) in [6.45, 7) is 5.10. The highest BCUT2D eigenvalue weighted by molar-refractivity contribution is 5.78. The second kappa shape index (κ2) is 8.42. The van der Waals surface area contributed by atoms with Crippen LogP contribution in [0.4, 0.5) is 18.0 Å². The molecule has 144 valence electrons. The predicted octanol–water partition coefficient (Wildman–Crippen LogP) is 3.89. The number of hydrogen-bond acceptors (Lipinski definition) is 3. The number of rotatable bonds is 6. The van der Waals surface area contributed by atoms with Gasteiger partial charge >= 0.3 is 18.2 Å². The fourth-order valence-electron chi connectivity index (χ4n) is 2.95. The average molecular weight is 372 g/mol. The smallest absolute Gasteiger partial charge is 0.416 e. The minimum atomic E-state index is -4.43. The van der Waals surface area contributed by atoms with Crippen LogP contribution in [0, 0.1) is 0 Å². The van der Waals surface area contributed by atoms with E-state index in [1.807, 2.05) is 13.8 Å². The zero-order valence-corrected chi connectivity index (χ0v) is 14.8. The molecule has 0 radical (unpaired) electrons. The van der Waals surface area contributed by atoms with E-state index in [1.165, 1.54) is 12.1 Å². The number of urea groups is 1. The molecule has 0 saturated carbocycles. The van der Waals surface area contributed by atoms with E-state index in [4.69, 9.17) is 4.74 Å². The third-order valence-electron chi connectivity index (χ3n) is 4.16. The number of cyclic esters (lactones) is 1. The molecular formula is C18H23F3N2O3. The molecule has 1 fully saturated rings. The fraction of sp³-hybridized carbons (Fsp3) is 0.556. The minimum Gasteiger partial charge on any atom is -0.455 e. The molecule has 1 N–H and O–H groups in total. The molecule has 0 bridgehead atoms. The molecule has 26 heavy (non-hydrogen) atoms. The summed E-state index contributed by atoms with van der Waals surface area (Å²) in [4.78, 5) is 25.8. The Morgan fingerprint density at radius 1 is 1.19 bits per heavy atom. The molecule has 5 nitrogen and oxygen atoms in total. The Bertz CT molecular complexity index is 626. The largest absolute Gasteiger partial charge is 0.455 e. The molecule has 1 heterocycles. The zero-order chi connectivity index (χ0) is 19.3. The van der Waals surface area contributed by atoms with Crippen LogP contribution in [0.15, 0.2) is 24.3 Å². The number of halogens is 3. The van der Waals surface area contributed by atoms with Gasteiger partial charge in [-0.25, -0.2) is 4.79 Å². The van der Waals surface area contributed by atoms with E-state index in [0.717, 1.165) is 25.0 Å². The Morgan fingerprint density at radius 3 is 2.27 bits per heavy atom. The van der Waals surface area contributed by atoms with Gasteiger partial charge in [-0.15, -0.1) is 0 Å². The van der Waals surface area contributed by atoms with Gasteiger partial charge in [0.05, 0.1) is 18.0 Å². The number of benzene rings is 1. The van der Waals surface area contributed by atoms with E-state index in [0.29, 0.717) is 18.7 Å². The van der Waals surface area contributed by atoms with Crippen LogP contribution < -0.4 is 5.32 Å². The molecule has 1 aliphatic heterocycles. The van der Waals surface area contributed by atoms with Crippen molar-refractivity contribution in [1.82, 2.24) is 10.2 Å². The van der Waals surface area contributed by atoms with Gasteiger partial charge in [-0.2, -0.15) is 13.2 Å². The minimum absolute atomic E-state index is 0.0104. The monoisotopic (exact) mass is 372 g/mol. The number of amides is 2. The van der Waals surface area contributed by atoms with E-state index in [1.54, 1.807) is 4.90 Å². The number of alkyl halides is 3. The molecule has 2 amide bonds. The predicted molar refractivity (Wildman–Crippen MR) is 89.4 cm³/mol. The van der Waals surface area contributed by atoms with Crippen molar-refractivity contribution in [3.8, 4) is 0 Å². The first-order valence-corrected chi connectivity index (χ1v) is 8.68. The molecule has 1 unspecified atom stereocenters. The number of nitrogens with zero attached hydrogens (tertiary/aromatic N) is 1. The van der Waals surface area contributed by atoms with Gasteiger partial charge < -0.3 is 15.0 Å². The SMILES string of the molecule is CCCN(CCC)C(=O)N[C@H]1CC(=O)OC1c1ccc(C(F)(F)F)cc1. The Balaban J connectivity index is 2.12. The van der Waals surface area contributed by atoms with Crippen LogP contribution in [-0.2, 0) is 15.7 Å². The molecule has 0 aliphatic carbocycles. The average Bonchev–Trinajstić information content (AvgIpc) is 2.94. The van der Waals surface area contributed by atoms with Crippen LogP contribution in [0.3, 0.4) is 0 Å². The Labute approximate surface area is 150 Å². The zero-order valence-electron chi connectivity index (χ0n) is 14.8. The highest BCUT2D eigenvalue weighted by Gasteiger charge is 2.38. The molecule has 1 aromatic rings. The van der Waals surface area contributed by atoms with E-state index in [9.17, 15) is 22.8 Å². The van der Waals surface area contributed by atoms with Crippen LogP contribution in [0.5, 0.6) is 0 Å². The normalized spacial score (nSPS) is 20.0. The molecule has 2 atom stereocenters. The van der Waals surface area contributed by atoms with Gasteiger partial charge in [0.15, 0.2) is 0 Å². The van der Waals surface area contributed by atoms with E-state index < -0.39 is 29.9 Å². The van der Waals surface area contributed by atoms with Crippen LogP contribution in [0.1, 0.15) is 50.3 Å². The topological polar surface area (TPSA) is 58.6 Å². The van der Waals surface area contributed by atoms with Crippen molar-refractivity contribution >= 4 is 12.0 Å². The summed E-state index contributed by atoms with van der Waals surface area (Å²) in [5.74, 6) is -0.488. The molecule has 0 spiro atoms. The Hall–Kier alpha value is -2.25. The Kier molecular flexibility index (Phi) is 6.50. The lowest BCUT2D eigenvalue weighted by atomic mass is 10.0. The lowest BCUT2D eigenvalue weighted by Gasteiger charge is -2.26. The first kappa shape index (κ1) is 20.1. The van der Waals surface area contributed by atoms with Crippen molar-refractivity contribution < 1.29 is 27.5 Å². The van der Waals surface area contributed by atoms with Crippen LogP contribution >= 0.6 is 0 Å². The van der Waals surface area contributed by atoms with Crippen molar-refractivity contribution in [2.24, 2.45) is 0 Å². The third-order valence-corrected chi connectivity index (χ3v) is 4.16. The summed E-state index contributed by atoms with van der Waals surface area (Å²) in [5, 5.41) is 2.79. The fourth-order valence-corrected chi connectivity index (χ4v) is 2.95. The lowest BCUT2D eigenvalue weighted by Crippen LogP contribution is -2.46. The van der Waals surface area contributed by atoms with E-state index in [2.05, 4.69) is 5.32 Å². The highest BCUT2D eigenvalue weighted by Crippen LogP contribution is 2.33. The van der Waals surface area contributed by atoms with Gasteiger partial charge in [0.1, 0.15) is 6.10 Å².